The molecular weight excluding hydrogens is 259 g/mol. The number of rotatable bonds is 2. The minimum atomic E-state index is -0.219. The molecule has 0 bridgehead atoms. The fourth-order valence-electron chi connectivity index (χ4n) is 2.68. The third-order valence-corrected chi connectivity index (χ3v) is 4.98. The smallest absolute Gasteiger partial charge is 0.184 e. The van der Waals surface area contributed by atoms with Crippen LogP contribution < -0.4 is 5.32 Å². The Bertz CT molecular complexity index is 581. The van der Waals surface area contributed by atoms with Crippen molar-refractivity contribution in [3.63, 3.8) is 0 Å². The Kier molecular flexibility index (Phi) is 3.21. The summed E-state index contributed by atoms with van der Waals surface area (Å²) in [6, 6.07) is 5.31. The number of hydrogen-bond donors (Lipinski definition) is 1. The molecule has 102 valence electrons. The number of benzene rings is 1. The first-order valence-electron chi connectivity index (χ1n) is 6.84. The largest absolute Gasteiger partial charge is 0.359 e. The van der Waals surface area contributed by atoms with Crippen LogP contribution in [0.25, 0.3) is 10.2 Å². The van der Waals surface area contributed by atoms with Gasteiger partial charge < -0.3 is 5.32 Å². The molecule has 1 fully saturated rings. The molecule has 19 heavy (non-hydrogen) atoms. The van der Waals surface area contributed by atoms with Crippen molar-refractivity contribution in [2.45, 2.75) is 45.6 Å². The van der Waals surface area contributed by atoms with Gasteiger partial charge in [0.15, 0.2) is 5.13 Å². The van der Waals surface area contributed by atoms with Gasteiger partial charge in [0.2, 0.25) is 0 Å². The standard InChI is InChI=1S/C15H19FN2S/c1-15(2)7-5-11(6-8-15)17-14-18-12-9-10(16)3-4-13(12)19-14/h3-4,9,11H,5-8H2,1-2H3,(H,17,18). The van der Waals surface area contributed by atoms with Crippen LogP contribution in [0.2, 0.25) is 0 Å². The molecule has 0 spiro atoms. The van der Waals surface area contributed by atoms with Crippen LogP contribution in [0.1, 0.15) is 39.5 Å². The molecular formula is C15H19FN2S. The summed E-state index contributed by atoms with van der Waals surface area (Å²) in [7, 11) is 0. The zero-order valence-corrected chi connectivity index (χ0v) is 12.2. The van der Waals surface area contributed by atoms with Crippen LogP contribution in [0, 0.1) is 11.2 Å². The highest BCUT2D eigenvalue weighted by Crippen LogP contribution is 2.37. The zero-order chi connectivity index (χ0) is 13.5. The summed E-state index contributed by atoms with van der Waals surface area (Å²) in [5.74, 6) is -0.219. The molecule has 3 rings (SSSR count). The van der Waals surface area contributed by atoms with Gasteiger partial charge in [-0.25, -0.2) is 9.37 Å². The Morgan fingerprint density at radius 2 is 2.05 bits per heavy atom. The highest BCUT2D eigenvalue weighted by molar-refractivity contribution is 7.22. The van der Waals surface area contributed by atoms with Gasteiger partial charge in [0.05, 0.1) is 10.2 Å². The van der Waals surface area contributed by atoms with Gasteiger partial charge >= 0.3 is 0 Å². The molecule has 2 nitrogen and oxygen atoms in total. The fraction of sp³-hybridized carbons (Fsp3) is 0.533. The normalized spacial score (nSPS) is 19.7. The van der Waals surface area contributed by atoms with Crippen LogP contribution in [-0.4, -0.2) is 11.0 Å². The number of thiazole rings is 1. The van der Waals surface area contributed by atoms with Crippen molar-refractivity contribution in [2.24, 2.45) is 5.41 Å². The van der Waals surface area contributed by atoms with E-state index in [2.05, 4.69) is 24.1 Å². The second kappa shape index (κ2) is 4.75. The number of hydrogen-bond acceptors (Lipinski definition) is 3. The molecule has 0 aliphatic heterocycles. The van der Waals surface area contributed by atoms with Gasteiger partial charge in [-0.05, 0) is 43.2 Å². The molecule has 4 heteroatoms. The van der Waals surface area contributed by atoms with E-state index < -0.39 is 0 Å². The molecule has 1 aromatic carbocycles. The third kappa shape index (κ3) is 2.89. The number of anilines is 1. The molecule has 0 atom stereocenters. The van der Waals surface area contributed by atoms with Crippen LogP contribution in [0.4, 0.5) is 9.52 Å². The number of nitrogens with zero attached hydrogens (tertiary/aromatic N) is 1. The van der Waals surface area contributed by atoms with Crippen molar-refractivity contribution in [3.05, 3.63) is 24.0 Å². The summed E-state index contributed by atoms with van der Waals surface area (Å²) in [4.78, 5) is 4.47. The summed E-state index contributed by atoms with van der Waals surface area (Å²) in [5, 5.41) is 4.43. The van der Waals surface area contributed by atoms with E-state index in [9.17, 15) is 4.39 Å². The molecule has 1 aromatic heterocycles. The minimum absolute atomic E-state index is 0.219. The van der Waals surface area contributed by atoms with Gasteiger partial charge in [0.25, 0.3) is 0 Å². The average molecular weight is 278 g/mol. The molecule has 0 saturated heterocycles. The Balaban J connectivity index is 1.72. The van der Waals surface area contributed by atoms with E-state index in [0.29, 0.717) is 11.5 Å². The van der Waals surface area contributed by atoms with Crippen molar-refractivity contribution < 1.29 is 4.39 Å². The fourth-order valence-corrected chi connectivity index (χ4v) is 3.60. The van der Waals surface area contributed by atoms with E-state index >= 15 is 0 Å². The lowest BCUT2D eigenvalue weighted by molar-refractivity contribution is 0.232. The van der Waals surface area contributed by atoms with Crippen molar-refractivity contribution >= 4 is 26.7 Å². The second-order valence-electron chi connectivity index (χ2n) is 6.21. The Morgan fingerprint density at radius 3 is 2.79 bits per heavy atom. The first kappa shape index (κ1) is 12.9. The van der Waals surface area contributed by atoms with E-state index in [1.165, 1.54) is 37.8 Å². The maximum atomic E-state index is 13.1. The molecule has 1 saturated carbocycles. The van der Waals surface area contributed by atoms with Crippen LogP contribution in [0.3, 0.4) is 0 Å². The third-order valence-electron chi connectivity index (χ3n) is 4.02. The molecule has 2 aromatic rings. The Morgan fingerprint density at radius 1 is 1.32 bits per heavy atom. The molecule has 1 N–H and O–H groups in total. The number of fused-ring (bicyclic) bond motifs is 1. The van der Waals surface area contributed by atoms with E-state index in [1.807, 2.05) is 0 Å². The number of aromatic nitrogens is 1. The first-order valence-corrected chi connectivity index (χ1v) is 7.66. The quantitative estimate of drug-likeness (QED) is 0.852. The van der Waals surface area contributed by atoms with E-state index in [4.69, 9.17) is 0 Å². The van der Waals surface area contributed by atoms with Gasteiger partial charge in [-0.3, -0.25) is 0 Å². The van der Waals surface area contributed by atoms with E-state index in [-0.39, 0.29) is 5.82 Å². The average Bonchev–Trinajstić information content (AvgIpc) is 2.73. The van der Waals surface area contributed by atoms with E-state index in [1.54, 1.807) is 17.4 Å². The molecule has 1 aliphatic rings. The number of nitrogens with one attached hydrogen (secondary N) is 1. The van der Waals surface area contributed by atoms with Crippen molar-refractivity contribution in [2.75, 3.05) is 5.32 Å². The second-order valence-corrected chi connectivity index (χ2v) is 7.24. The van der Waals surface area contributed by atoms with Gasteiger partial charge in [0.1, 0.15) is 5.82 Å². The first-order chi connectivity index (χ1) is 9.02. The van der Waals surface area contributed by atoms with Crippen LogP contribution >= 0.6 is 11.3 Å². The lowest BCUT2D eigenvalue weighted by atomic mass is 9.76. The summed E-state index contributed by atoms with van der Waals surface area (Å²) in [6.07, 6.45) is 4.89. The summed E-state index contributed by atoms with van der Waals surface area (Å²) in [6.45, 7) is 4.67. The number of halogens is 1. The van der Waals surface area contributed by atoms with Crippen molar-refractivity contribution in [1.29, 1.82) is 0 Å². The molecule has 0 unspecified atom stereocenters. The van der Waals surface area contributed by atoms with Crippen LogP contribution in [0.5, 0.6) is 0 Å². The van der Waals surface area contributed by atoms with Crippen LogP contribution in [0.15, 0.2) is 18.2 Å². The lowest BCUT2D eigenvalue weighted by Gasteiger charge is -2.34. The molecule has 1 aliphatic carbocycles. The lowest BCUT2D eigenvalue weighted by Crippen LogP contribution is -2.29. The predicted molar refractivity (Wildman–Crippen MR) is 79.2 cm³/mol. The van der Waals surface area contributed by atoms with Gasteiger partial charge in [-0.2, -0.15) is 0 Å². The van der Waals surface area contributed by atoms with Crippen LogP contribution in [-0.2, 0) is 0 Å². The van der Waals surface area contributed by atoms with Crippen molar-refractivity contribution in [3.8, 4) is 0 Å². The van der Waals surface area contributed by atoms with Gasteiger partial charge in [-0.15, -0.1) is 0 Å². The molecule has 1 heterocycles. The van der Waals surface area contributed by atoms with Gasteiger partial charge in [0, 0.05) is 12.1 Å². The SMILES string of the molecule is CC1(C)CCC(Nc2nc3cc(F)ccc3s2)CC1. The zero-order valence-electron chi connectivity index (χ0n) is 11.4. The monoisotopic (exact) mass is 278 g/mol. The van der Waals surface area contributed by atoms with Crippen molar-refractivity contribution in [1.82, 2.24) is 4.98 Å². The minimum Gasteiger partial charge on any atom is -0.359 e. The topological polar surface area (TPSA) is 24.9 Å². The predicted octanol–water partition coefficient (Wildman–Crippen LogP) is 4.82. The van der Waals surface area contributed by atoms with Gasteiger partial charge in [-0.1, -0.05) is 25.2 Å². The Labute approximate surface area is 117 Å². The van der Waals surface area contributed by atoms with E-state index in [0.717, 1.165) is 15.3 Å². The summed E-state index contributed by atoms with van der Waals surface area (Å²) in [5.41, 5.74) is 1.23. The maximum absolute atomic E-state index is 13.1. The highest BCUT2D eigenvalue weighted by Gasteiger charge is 2.27. The highest BCUT2D eigenvalue weighted by atomic mass is 32.1. The maximum Gasteiger partial charge on any atom is 0.184 e. The Hall–Kier alpha value is -1.16. The summed E-state index contributed by atoms with van der Waals surface area (Å²) < 4.78 is 14.2. The summed E-state index contributed by atoms with van der Waals surface area (Å²) >= 11 is 1.61. The molecule has 0 radical (unpaired) electrons. The molecule has 0 amide bonds.